The molecule has 1 atom stereocenters. The van der Waals surface area contributed by atoms with Crippen molar-refractivity contribution in [3.63, 3.8) is 0 Å². The minimum Gasteiger partial charge on any atom is -0.497 e. The topological polar surface area (TPSA) is 38.8 Å². The normalized spacial score (nSPS) is 19.8. The average molecular weight is 291 g/mol. The first-order chi connectivity index (χ1) is 10.2. The van der Waals surface area contributed by atoms with Gasteiger partial charge >= 0.3 is 5.97 Å². The van der Waals surface area contributed by atoms with E-state index in [1.165, 1.54) is 31.9 Å². The van der Waals surface area contributed by atoms with Gasteiger partial charge < -0.3 is 9.47 Å². The molecule has 0 radical (unpaired) electrons. The Bertz CT molecular complexity index is 444. The molecule has 116 valence electrons. The van der Waals surface area contributed by atoms with E-state index in [-0.39, 0.29) is 5.97 Å². The molecule has 1 aromatic rings. The summed E-state index contributed by atoms with van der Waals surface area (Å²) in [6.07, 6.45) is 5.32. The molecule has 0 bridgehead atoms. The SMILES string of the molecule is COC(=O)CCN1CCCCCC1c1ccc(OC)cc1. The van der Waals surface area contributed by atoms with Gasteiger partial charge in [-0.05, 0) is 37.1 Å². The number of nitrogens with zero attached hydrogens (tertiary/aromatic N) is 1. The second-order valence-electron chi connectivity index (χ2n) is 5.50. The van der Waals surface area contributed by atoms with Crippen molar-refractivity contribution in [3.05, 3.63) is 29.8 Å². The van der Waals surface area contributed by atoms with Gasteiger partial charge in [0, 0.05) is 12.6 Å². The third kappa shape index (κ3) is 4.46. The molecule has 1 saturated heterocycles. The lowest BCUT2D eigenvalue weighted by atomic mass is 10.0. The van der Waals surface area contributed by atoms with Crippen LogP contribution in [0.4, 0.5) is 0 Å². The Labute approximate surface area is 127 Å². The monoisotopic (exact) mass is 291 g/mol. The number of esters is 1. The van der Waals surface area contributed by atoms with Crippen molar-refractivity contribution in [3.8, 4) is 5.75 Å². The standard InChI is InChI=1S/C17H25NO3/c1-20-15-9-7-14(8-10-15)16-6-4-3-5-12-18(16)13-11-17(19)21-2/h7-10,16H,3-6,11-13H2,1-2H3. The second-order valence-corrected chi connectivity index (χ2v) is 5.50. The highest BCUT2D eigenvalue weighted by atomic mass is 16.5. The Morgan fingerprint density at radius 2 is 1.95 bits per heavy atom. The third-order valence-corrected chi connectivity index (χ3v) is 4.20. The van der Waals surface area contributed by atoms with Gasteiger partial charge in [0.05, 0.1) is 20.6 Å². The van der Waals surface area contributed by atoms with Crippen LogP contribution >= 0.6 is 0 Å². The van der Waals surface area contributed by atoms with Crippen molar-refractivity contribution in [1.82, 2.24) is 4.90 Å². The van der Waals surface area contributed by atoms with Crippen LogP contribution in [0.3, 0.4) is 0 Å². The summed E-state index contributed by atoms with van der Waals surface area (Å²) < 4.78 is 9.99. The largest absolute Gasteiger partial charge is 0.497 e. The molecule has 4 heteroatoms. The van der Waals surface area contributed by atoms with E-state index in [0.717, 1.165) is 25.3 Å². The highest BCUT2D eigenvalue weighted by molar-refractivity contribution is 5.69. The van der Waals surface area contributed by atoms with Gasteiger partial charge in [-0.25, -0.2) is 0 Å². The molecule has 1 aliphatic heterocycles. The maximum absolute atomic E-state index is 11.4. The number of ether oxygens (including phenoxy) is 2. The molecular weight excluding hydrogens is 266 g/mol. The summed E-state index contributed by atoms with van der Waals surface area (Å²) in [7, 11) is 3.13. The summed E-state index contributed by atoms with van der Waals surface area (Å²) in [6, 6.07) is 8.69. The summed E-state index contributed by atoms with van der Waals surface area (Å²) >= 11 is 0. The third-order valence-electron chi connectivity index (χ3n) is 4.20. The molecule has 0 saturated carbocycles. The quantitative estimate of drug-likeness (QED) is 0.781. The predicted octanol–water partition coefficient (Wildman–Crippen LogP) is 3.18. The fourth-order valence-electron chi connectivity index (χ4n) is 2.98. The summed E-state index contributed by atoms with van der Waals surface area (Å²) in [5.74, 6) is 0.751. The van der Waals surface area contributed by atoms with E-state index in [0.29, 0.717) is 12.5 Å². The number of methoxy groups -OCH3 is 2. The van der Waals surface area contributed by atoms with E-state index in [4.69, 9.17) is 9.47 Å². The maximum Gasteiger partial charge on any atom is 0.306 e. The highest BCUT2D eigenvalue weighted by Crippen LogP contribution is 2.31. The van der Waals surface area contributed by atoms with Gasteiger partial charge in [-0.1, -0.05) is 25.0 Å². The van der Waals surface area contributed by atoms with E-state index >= 15 is 0 Å². The number of carbonyl (C=O) groups is 1. The van der Waals surface area contributed by atoms with Crippen molar-refractivity contribution in [2.75, 3.05) is 27.3 Å². The first kappa shape index (κ1) is 15.8. The van der Waals surface area contributed by atoms with Crippen LogP contribution in [0.15, 0.2) is 24.3 Å². The van der Waals surface area contributed by atoms with E-state index in [2.05, 4.69) is 17.0 Å². The lowest BCUT2D eigenvalue weighted by molar-refractivity contribution is -0.141. The Balaban J connectivity index is 2.08. The molecule has 0 N–H and O–H groups in total. The van der Waals surface area contributed by atoms with Crippen LogP contribution < -0.4 is 4.74 Å². The average Bonchev–Trinajstić information content (AvgIpc) is 2.78. The Morgan fingerprint density at radius 3 is 2.62 bits per heavy atom. The van der Waals surface area contributed by atoms with E-state index in [1.54, 1.807) is 7.11 Å². The first-order valence-corrected chi connectivity index (χ1v) is 7.69. The van der Waals surface area contributed by atoms with Crippen molar-refractivity contribution in [1.29, 1.82) is 0 Å². The molecule has 0 aliphatic carbocycles. The summed E-state index contributed by atoms with van der Waals surface area (Å²) in [4.78, 5) is 13.8. The maximum atomic E-state index is 11.4. The van der Waals surface area contributed by atoms with Crippen LogP contribution in [0.25, 0.3) is 0 Å². The fourth-order valence-corrected chi connectivity index (χ4v) is 2.98. The zero-order valence-electron chi connectivity index (χ0n) is 13.0. The smallest absolute Gasteiger partial charge is 0.306 e. The number of rotatable bonds is 5. The Morgan fingerprint density at radius 1 is 1.19 bits per heavy atom. The fraction of sp³-hybridized carbons (Fsp3) is 0.588. The number of carbonyl (C=O) groups excluding carboxylic acids is 1. The van der Waals surface area contributed by atoms with Crippen LogP contribution in [0.5, 0.6) is 5.75 Å². The van der Waals surface area contributed by atoms with Crippen LogP contribution in [-0.2, 0) is 9.53 Å². The summed E-state index contributed by atoms with van der Waals surface area (Å²) in [5.41, 5.74) is 1.31. The first-order valence-electron chi connectivity index (χ1n) is 7.69. The molecule has 0 spiro atoms. The van der Waals surface area contributed by atoms with Gasteiger partial charge in [-0.2, -0.15) is 0 Å². The molecule has 21 heavy (non-hydrogen) atoms. The lowest BCUT2D eigenvalue weighted by Gasteiger charge is -2.30. The summed E-state index contributed by atoms with van der Waals surface area (Å²) in [5, 5.41) is 0. The predicted molar refractivity (Wildman–Crippen MR) is 82.4 cm³/mol. The van der Waals surface area contributed by atoms with E-state index in [1.807, 2.05) is 12.1 Å². The van der Waals surface area contributed by atoms with Gasteiger partial charge in [0.2, 0.25) is 0 Å². The zero-order valence-corrected chi connectivity index (χ0v) is 13.0. The summed E-state index contributed by atoms with van der Waals surface area (Å²) in [6.45, 7) is 1.82. The van der Waals surface area contributed by atoms with Gasteiger partial charge in [0.25, 0.3) is 0 Å². The van der Waals surface area contributed by atoms with Crippen molar-refractivity contribution in [2.45, 2.75) is 38.1 Å². The van der Waals surface area contributed by atoms with Gasteiger partial charge in [-0.3, -0.25) is 9.69 Å². The van der Waals surface area contributed by atoms with Crippen LogP contribution in [-0.4, -0.2) is 38.2 Å². The number of benzene rings is 1. The minimum absolute atomic E-state index is 0.132. The van der Waals surface area contributed by atoms with Crippen molar-refractivity contribution in [2.24, 2.45) is 0 Å². The molecule has 1 fully saturated rings. The van der Waals surface area contributed by atoms with Gasteiger partial charge in [0.1, 0.15) is 5.75 Å². The second kappa shape index (κ2) is 8.03. The minimum atomic E-state index is -0.132. The Kier molecular flexibility index (Phi) is 6.05. The number of hydrogen-bond acceptors (Lipinski definition) is 4. The van der Waals surface area contributed by atoms with Crippen molar-refractivity contribution >= 4 is 5.97 Å². The van der Waals surface area contributed by atoms with Gasteiger partial charge in [-0.15, -0.1) is 0 Å². The molecule has 1 unspecified atom stereocenters. The van der Waals surface area contributed by atoms with Gasteiger partial charge in [0.15, 0.2) is 0 Å². The number of likely N-dealkylation sites (tertiary alicyclic amines) is 1. The molecule has 0 aromatic heterocycles. The molecule has 4 nitrogen and oxygen atoms in total. The van der Waals surface area contributed by atoms with Crippen LogP contribution in [0.1, 0.15) is 43.7 Å². The Hall–Kier alpha value is -1.55. The van der Waals surface area contributed by atoms with Crippen molar-refractivity contribution < 1.29 is 14.3 Å². The molecule has 2 rings (SSSR count). The molecule has 1 aliphatic rings. The molecule has 1 aromatic carbocycles. The molecule has 1 heterocycles. The van der Waals surface area contributed by atoms with E-state index < -0.39 is 0 Å². The van der Waals surface area contributed by atoms with E-state index in [9.17, 15) is 4.79 Å². The van der Waals surface area contributed by atoms with Crippen LogP contribution in [0.2, 0.25) is 0 Å². The zero-order chi connectivity index (χ0) is 15.1. The molecular formula is C17H25NO3. The lowest BCUT2D eigenvalue weighted by Crippen LogP contribution is -2.31. The van der Waals surface area contributed by atoms with Crippen LogP contribution in [0, 0.1) is 0 Å². The highest BCUT2D eigenvalue weighted by Gasteiger charge is 2.23. The molecule has 0 amide bonds. The number of hydrogen-bond donors (Lipinski definition) is 0.